The average Bonchev–Trinajstić information content (AvgIpc) is 2.45. The van der Waals surface area contributed by atoms with Gasteiger partial charge in [0.15, 0.2) is 0 Å². The van der Waals surface area contributed by atoms with Gasteiger partial charge in [0.2, 0.25) is 11.9 Å². The Morgan fingerprint density at radius 1 is 1.25 bits per heavy atom. The monoisotopic (exact) mass is 294 g/mol. The van der Waals surface area contributed by atoms with E-state index in [4.69, 9.17) is 22.2 Å². The molecule has 0 saturated carbocycles. The van der Waals surface area contributed by atoms with Crippen molar-refractivity contribution in [3.8, 4) is 6.01 Å². The van der Waals surface area contributed by atoms with Gasteiger partial charge in [0.25, 0.3) is 0 Å². The molecular formula is C12H15ClN6O. The zero-order valence-corrected chi connectivity index (χ0v) is 11.7. The molecule has 0 radical (unpaired) electrons. The van der Waals surface area contributed by atoms with Gasteiger partial charge in [0.05, 0.1) is 6.61 Å². The van der Waals surface area contributed by atoms with Gasteiger partial charge < -0.3 is 10.1 Å². The number of aromatic nitrogens is 3. The molecule has 0 atom stereocenters. The number of nitrogens with one attached hydrogen (secondary N) is 2. The fourth-order valence-electron chi connectivity index (χ4n) is 1.52. The first kappa shape index (κ1) is 14.3. The van der Waals surface area contributed by atoms with Crippen molar-refractivity contribution in [2.45, 2.75) is 13.5 Å². The summed E-state index contributed by atoms with van der Waals surface area (Å²) in [4.78, 5) is 12.2. The summed E-state index contributed by atoms with van der Waals surface area (Å²) in [7, 11) is 0. The van der Waals surface area contributed by atoms with E-state index in [1.165, 1.54) is 0 Å². The van der Waals surface area contributed by atoms with Gasteiger partial charge in [-0.15, -0.1) is 0 Å². The highest BCUT2D eigenvalue weighted by Crippen LogP contribution is 2.14. The lowest BCUT2D eigenvalue weighted by atomic mass is 10.2. The lowest BCUT2D eigenvalue weighted by Gasteiger charge is -2.08. The number of anilines is 2. The number of nitrogen functional groups attached to an aromatic ring is 1. The van der Waals surface area contributed by atoms with Crippen LogP contribution in [0.4, 0.5) is 11.9 Å². The summed E-state index contributed by atoms with van der Waals surface area (Å²) in [6.07, 6.45) is 0. The number of halogens is 1. The van der Waals surface area contributed by atoms with Gasteiger partial charge in [0, 0.05) is 11.6 Å². The first-order valence-electron chi connectivity index (χ1n) is 6.05. The third kappa shape index (κ3) is 3.94. The Kier molecular flexibility index (Phi) is 4.91. The highest BCUT2D eigenvalue weighted by atomic mass is 35.5. The van der Waals surface area contributed by atoms with Crippen LogP contribution >= 0.6 is 11.6 Å². The average molecular weight is 295 g/mol. The number of benzene rings is 1. The van der Waals surface area contributed by atoms with Crippen LogP contribution in [0.25, 0.3) is 0 Å². The van der Waals surface area contributed by atoms with Crippen LogP contribution in [0.5, 0.6) is 6.01 Å². The van der Waals surface area contributed by atoms with Crippen molar-refractivity contribution in [1.29, 1.82) is 0 Å². The summed E-state index contributed by atoms with van der Waals surface area (Å²) in [6, 6.07) is 7.72. The second kappa shape index (κ2) is 6.88. The van der Waals surface area contributed by atoms with Crippen LogP contribution in [-0.4, -0.2) is 21.6 Å². The van der Waals surface area contributed by atoms with Gasteiger partial charge in [-0.05, 0) is 24.6 Å². The van der Waals surface area contributed by atoms with Crippen molar-refractivity contribution >= 4 is 23.5 Å². The molecule has 8 heteroatoms. The molecule has 0 saturated heterocycles. The highest BCUT2D eigenvalue weighted by Gasteiger charge is 2.06. The summed E-state index contributed by atoms with van der Waals surface area (Å²) in [5.41, 5.74) is 3.38. The molecule has 0 aliphatic heterocycles. The molecular weight excluding hydrogens is 280 g/mol. The zero-order chi connectivity index (χ0) is 14.4. The van der Waals surface area contributed by atoms with Gasteiger partial charge in [-0.2, -0.15) is 15.0 Å². The minimum absolute atomic E-state index is 0.212. The minimum atomic E-state index is 0.212. The van der Waals surface area contributed by atoms with E-state index in [1.54, 1.807) is 0 Å². The van der Waals surface area contributed by atoms with Crippen molar-refractivity contribution in [3.05, 3.63) is 34.9 Å². The van der Waals surface area contributed by atoms with E-state index in [0.29, 0.717) is 24.1 Å². The predicted octanol–water partition coefficient (Wildman–Crippen LogP) is 1.82. The molecule has 7 nitrogen and oxygen atoms in total. The molecule has 0 amide bonds. The van der Waals surface area contributed by atoms with Crippen LogP contribution in [0, 0.1) is 0 Å². The fourth-order valence-corrected chi connectivity index (χ4v) is 1.73. The Morgan fingerprint density at radius 2 is 2.05 bits per heavy atom. The highest BCUT2D eigenvalue weighted by molar-refractivity contribution is 6.30. The van der Waals surface area contributed by atoms with Crippen LogP contribution in [-0.2, 0) is 6.54 Å². The maximum absolute atomic E-state index is 5.93. The van der Waals surface area contributed by atoms with Crippen LogP contribution in [0.3, 0.4) is 0 Å². The Hall–Kier alpha value is -2.12. The third-order valence-corrected chi connectivity index (χ3v) is 2.59. The second-order valence-corrected chi connectivity index (χ2v) is 4.26. The molecule has 1 aromatic carbocycles. The summed E-state index contributed by atoms with van der Waals surface area (Å²) in [6.45, 7) is 2.83. The first-order valence-corrected chi connectivity index (χ1v) is 6.43. The maximum atomic E-state index is 5.93. The maximum Gasteiger partial charge on any atom is 0.323 e. The lowest BCUT2D eigenvalue weighted by Crippen LogP contribution is -2.14. The molecule has 1 aromatic heterocycles. The van der Waals surface area contributed by atoms with Crippen molar-refractivity contribution < 1.29 is 4.74 Å². The van der Waals surface area contributed by atoms with Gasteiger partial charge in [-0.1, -0.05) is 23.7 Å². The molecule has 0 aliphatic carbocycles. The molecule has 0 spiro atoms. The molecule has 0 bridgehead atoms. The van der Waals surface area contributed by atoms with Gasteiger partial charge in [0.1, 0.15) is 0 Å². The largest absolute Gasteiger partial charge is 0.464 e. The number of hydrogen-bond acceptors (Lipinski definition) is 7. The lowest BCUT2D eigenvalue weighted by molar-refractivity contribution is 0.312. The van der Waals surface area contributed by atoms with Gasteiger partial charge in [-0.3, -0.25) is 5.43 Å². The van der Waals surface area contributed by atoms with Gasteiger partial charge >= 0.3 is 6.01 Å². The molecule has 2 aromatic rings. The summed E-state index contributed by atoms with van der Waals surface area (Å²) in [5, 5.41) is 3.75. The van der Waals surface area contributed by atoms with E-state index in [1.807, 2.05) is 31.2 Å². The Bertz CT molecular complexity index is 580. The molecule has 0 unspecified atom stereocenters. The number of rotatable bonds is 6. The number of nitrogens with zero attached hydrogens (tertiary/aromatic N) is 3. The van der Waals surface area contributed by atoms with Crippen molar-refractivity contribution in [3.63, 3.8) is 0 Å². The molecule has 106 valence electrons. The Balaban J connectivity index is 2.10. The van der Waals surface area contributed by atoms with E-state index >= 15 is 0 Å². The quantitative estimate of drug-likeness (QED) is 0.552. The topological polar surface area (TPSA) is 98.0 Å². The number of ether oxygens (including phenoxy) is 1. The molecule has 20 heavy (non-hydrogen) atoms. The number of hydrazine groups is 1. The van der Waals surface area contributed by atoms with Crippen LogP contribution in [0.1, 0.15) is 12.5 Å². The van der Waals surface area contributed by atoms with E-state index in [0.717, 1.165) is 5.56 Å². The smallest absolute Gasteiger partial charge is 0.323 e. The van der Waals surface area contributed by atoms with Crippen LogP contribution in [0.15, 0.2) is 24.3 Å². The molecule has 0 aliphatic rings. The normalized spacial score (nSPS) is 10.2. The van der Waals surface area contributed by atoms with Crippen molar-refractivity contribution in [2.75, 3.05) is 17.3 Å². The minimum Gasteiger partial charge on any atom is -0.464 e. The molecule has 1 heterocycles. The molecule has 4 N–H and O–H groups in total. The van der Waals surface area contributed by atoms with E-state index < -0.39 is 0 Å². The van der Waals surface area contributed by atoms with Crippen LogP contribution in [0.2, 0.25) is 5.02 Å². The standard InChI is InChI=1S/C12H15ClN6O/c1-2-20-12-17-10(16-11(18-12)19-14)15-7-8-4-3-5-9(13)6-8/h3-6H,2,7,14H2,1H3,(H2,15,16,17,18,19). The molecule has 0 fully saturated rings. The van der Waals surface area contributed by atoms with E-state index in [2.05, 4.69) is 25.7 Å². The SMILES string of the molecule is CCOc1nc(NN)nc(NCc2cccc(Cl)c2)n1. The predicted molar refractivity (Wildman–Crippen MR) is 77.6 cm³/mol. The van der Waals surface area contributed by atoms with E-state index in [-0.39, 0.29) is 12.0 Å². The fraction of sp³-hybridized carbons (Fsp3) is 0.250. The third-order valence-electron chi connectivity index (χ3n) is 2.36. The summed E-state index contributed by atoms with van der Waals surface area (Å²) in [5.74, 6) is 5.91. The van der Waals surface area contributed by atoms with Crippen molar-refractivity contribution in [2.24, 2.45) is 5.84 Å². The molecule has 2 rings (SSSR count). The summed E-state index contributed by atoms with van der Waals surface area (Å²) >= 11 is 5.93. The zero-order valence-electron chi connectivity index (χ0n) is 10.9. The van der Waals surface area contributed by atoms with E-state index in [9.17, 15) is 0 Å². The second-order valence-electron chi connectivity index (χ2n) is 3.83. The number of hydrogen-bond donors (Lipinski definition) is 3. The first-order chi connectivity index (χ1) is 9.71. The van der Waals surface area contributed by atoms with Crippen molar-refractivity contribution in [1.82, 2.24) is 15.0 Å². The Morgan fingerprint density at radius 3 is 2.75 bits per heavy atom. The van der Waals surface area contributed by atoms with Crippen LogP contribution < -0.4 is 21.3 Å². The van der Waals surface area contributed by atoms with Gasteiger partial charge in [-0.25, -0.2) is 5.84 Å². The Labute approximate surface area is 121 Å². The summed E-state index contributed by atoms with van der Waals surface area (Å²) < 4.78 is 5.24. The number of nitrogens with two attached hydrogens (primary N) is 1.